The number of rotatable bonds is 7. The second-order valence-corrected chi connectivity index (χ2v) is 6.42. The highest BCUT2D eigenvalue weighted by molar-refractivity contribution is 7.15. The number of thiazole rings is 1. The Kier molecular flexibility index (Phi) is 5.70. The third-order valence-electron chi connectivity index (χ3n) is 3.08. The maximum absolute atomic E-state index is 13.9. The first-order valence-corrected chi connectivity index (χ1v) is 8.11. The largest absolute Gasteiger partial charge is 0.315 e. The smallest absolute Gasteiger partial charge is 0.190 e. The van der Waals surface area contributed by atoms with Gasteiger partial charge in [0.25, 0.3) is 0 Å². The van der Waals surface area contributed by atoms with Crippen molar-refractivity contribution in [3.05, 3.63) is 41.2 Å². The predicted octanol–water partition coefficient (Wildman–Crippen LogP) is 4.19. The Morgan fingerprint density at radius 3 is 2.76 bits per heavy atom. The molecule has 1 aromatic carbocycles. The topological polar surface area (TPSA) is 28.2 Å². The van der Waals surface area contributed by atoms with E-state index in [0.29, 0.717) is 18.2 Å². The van der Waals surface area contributed by atoms with Crippen LogP contribution in [-0.4, -0.2) is 18.1 Å². The van der Waals surface area contributed by atoms with E-state index in [-0.39, 0.29) is 5.82 Å². The third-order valence-corrected chi connectivity index (χ3v) is 4.10. The molecule has 1 N–H and O–H groups in total. The molecule has 2 aromatic rings. The molecule has 1 aromatic heterocycles. The average Bonchev–Trinajstić information content (AvgIpc) is 2.90. The van der Waals surface area contributed by atoms with Gasteiger partial charge in [0.1, 0.15) is 5.82 Å². The van der Waals surface area contributed by atoms with Crippen LogP contribution in [0.5, 0.6) is 0 Å². The molecule has 0 aliphatic heterocycles. The van der Waals surface area contributed by atoms with Crippen molar-refractivity contribution in [2.75, 3.05) is 18.0 Å². The molecule has 0 unspecified atom stereocenters. The van der Waals surface area contributed by atoms with Crippen LogP contribution in [0.4, 0.5) is 15.2 Å². The van der Waals surface area contributed by atoms with E-state index < -0.39 is 0 Å². The van der Waals surface area contributed by atoms with Crippen molar-refractivity contribution in [2.24, 2.45) is 5.92 Å². The average molecular weight is 307 g/mol. The zero-order valence-corrected chi connectivity index (χ0v) is 13.6. The first-order chi connectivity index (χ1) is 10.1. The van der Waals surface area contributed by atoms with E-state index in [0.717, 1.165) is 18.2 Å². The summed E-state index contributed by atoms with van der Waals surface area (Å²) >= 11 is 1.61. The highest BCUT2D eigenvalue weighted by Gasteiger charge is 2.15. The lowest BCUT2D eigenvalue weighted by molar-refractivity contribution is 0.554. The van der Waals surface area contributed by atoms with E-state index in [1.807, 2.05) is 24.1 Å². The van der Waals surface area contributed by atoms with Gasteiger partial charge in [-0.1, -0.05) is 26.0 Å². The van der Waals surface area contributed by atoms with Gasteiger partial charge in [0.2, 0.25) is 0 Å². The van der Waals surface area contributed by atoms with Gasteiger partial charge >= 0.3 is 0 Å². The minimum absolute atomic E-state index is 0.214. The lowest BCUT2D eigenvalue weighted by atomic mass is 10.2. The number of anilines is 2. The number of para-hydroxylation sites is 1. The minimum atomic E-state index is -0.214. The van der Waals surface area contributed by atoms with Crippen LogP contribution in [0.2, 0.25) is 0 Å². The summed E-state index contributed by atoms with van der Waals surface area (Å²) in [5.41, 5.74) is 0.580. The van der Waals surface area contributed by atoms with Crippen molar-refractivity contribution in [2.45, 2.75) is 27.3 Å². The molecule has 0 fully saturated rings. The van der Waals surface area contributed by atoms with Crippen LogP contribution < -0.4 is 10.2 Å². The summed E-state index contributed by atoms with van der Waals surface area (Å²) < 4.78 is 13.9. The maximum atomic E-state index is 13.9. The molecule has 0 atom stereocenters. The van der Waals surface area contributed by atoms with Gasteiger partial charge < -0.3 is 10.2 Å². The molecule has 0 amide bonds. The van der Waals surface area contributed by atoms with E-state index in [4.69, 9.17) is 0 Å². The van der Waals surface area contributed by atoms with Gasteiger partial charge in [0, 0.05) is 24.2 Å². The van der Waals surface area contributed by atoms with Crippen LogP contribution in [-0.2, 0) is 6.54 Å². The van der Waals surface area contributed by atoms with Crippen LogP contribution in [0.3, 0.4) is 0 Å². The molecule has 0 bridgehead atoms. The summed E-state index contributed by atoms with van der Waals surface area (Å²) in [7, 11) is 0. The Bertz CT molecular complexity index is 568. The molecule has 5 heteroatoms. The van der Waals surface area contributed by atoms with Crippen LogP contribution in [0.25, 0.3) is 0 Å². The zero-order valence-electron chi connectivity index (χ0n) is 12.8. The SMILES string of the molecule is CCN(c1ncc(CNCC(C)C)s1)c1ccccc1F. The molecular weight excluding hydrogens is 285 g/mol. The van der Waals surface area contributed by atoms with E-state index in [2.05, 4.69) is 24.1 Å². The molecule has 0 radical (unpaired) electrons. The number of nitrogens with one attached hydrogen (secondary N) is 1. The monoisotopic (exact) mass is 307 g/mol. The van der Waals surface area contributed by atoms with Crippen molar-refractivity contribution in [1.29, 1.82) is 0 Å². The Labute approximate surface area is 129 Å². The Hall–Kier alpha value is -1.46. The first kappa shape index (κ1) is 15.9. The normalized spacial score (nSPS) is 11.1. The Balaban J connectivity index is 2.09. The molecule has 0 spiro atoms. The number of halogens is 1. The van der Waals surface area contributed by atoms with Crippen molar-refractivity contribution >= 4 is 22.2 Å². The molecule has 2 rings (SSSR count). The van der Waals surface area contributed by atoms with E-state index in [9.17, 15) is 4.39 Å². The second kappa shape index (κ2) is 7.52. The highest BCUT2D eigenvalue weighted by atomic mass is 32.1. The van der Waals surface area contributed by atoms with Gasteiger partial charge in [0.05, 0.1) is 5.69 Å². The van der Waals surface area contributed by atoms with E-state index in [1.54, 1.807) is 23.5 Å². The van der Waals surface area contributed by atoms with Crippen molar-refractivity contribution in [3.8, 4) is 0 Å². The summed E-state index contributed by atoms with van der Waals surface area (Å²) in [4.78, 5) is 7.52. The number of hydrogen-bond donors (Lipinski definition) is 1. The predicted molar refractivity (Wildman–Crippen MR) is 87.7 cm³/mol. The number of aromatic nitrogens is 1. The molecule has 3 nitrogen and oxygen atoms in total. The number of benzene rings is 1. The van der Waals surface area contributed by atoms with Crippen molar-refractivity contribution < 1.29 is 4.39 Å². The van der Waals surface area contributed by atoms with Gasteiger partial charge in [-0.05, 0) is 31.5 Å². The van der Waals surface area contributed by atoms with Crippen molar-refractivity contribution in [1.82, 2.24) is 10.3 Å². The molecule has 0 aliphatic carbocycles. The van der Waals surface area contributed by atoms with E-state index >= 15 is 0 Å². The molecular formula is C16H22FN3S. The Morgan fingerprint density at radius 1 is 1.33 bits per heavy atom. The molecule has 1 heterocycles. The van der Waals surface area contributed by atoms with Crippen LogP contribution >= 0.6 is 11.3 Å². The summed E-state index contributed by atoms with van der Waals surface area (Å²) in [5.74, 6) is 0.414. The van der Waals surface area contributed by atoms with Crippen LogP contribution in [0.1, 0.15) is 25.6 Å². The fraction of sp³-hybridized carbons (Fsp3) is 0.438. The summed E-state index contributed by atoms with van der Waals surface area (Å²) in [6.07, 6.45) is 1.87. The zero-order chi connectivity index (χ0) is 15.2. The number of hydrogen-bond acceptors (Lipinski definition) is 4. The molecule has 114 valence electrons. The standard InChI is InChI=1S/C16H22FN3S/c1-4-20(15-8-6-5-7-14(15)17)16-19-11-13(21-16)10-18-9-12(2)3/h5-8,11-12,18H,4,9-10H2,1-3H3. The minimum Gasteiger partial charge on any atom is -0.315 e. The molecule has 21 heavy (non-hydrogen) atoms. The van der Waals surface area contributed by atoms with Gasteiger partial charge in [-0.15, -0.1) is 11.3 Å². The lowest BCUT2D eigenvalue weighted by Crippen LogP contribution is -2.18. The Morgan fingerprint density at radius 2 is 2.10 bits per heavy atom. The van der Waals surface area contributed by atoms with Gasteiger partial charge in [0.15, 0.2) is 5.13 Å². The fourth-order valence-corrected chi connectivity index (χ4v) is 3.02. The maximum Gasteiger partial charge on any atom is 0.190 e. The first-order valence-electron chi connectivity index (χ1n) is 7.29. The second-order valence-electron chi connectivity index (χ2n) is 5.33. The summed E-state index contributed by atoms with van der Waals surface area (Å²) in [5, 5.41) is 4.24. The lowest BCUT2D eigenvalue weighted by Gasteiger charge is -2.20. The number of nitrogens with zero attached hydrogens (tertiary/aromatic N) is 2. The van der Waals surface area contributed by atoms with Crippen LogP contribution in [0, 0.1) is 11.7 Å². The van der Waals surface area contributed by atoms with Gasteiger partial charge in [-0.25, -0.2) is 9.37 Å². The highest BCUT2D eigenvalue weighted by Crippen LogP contribution is 2.30. The third kappa shape index (κ3) is 4.25. The van der Waals surface area contributed by atoms with Gasteiger partial charge in [-0.3, -0.25) is 0 Å². The van der Waals surface area contributed by atoms with Crippen molar-refractivity contribution in [3.63, 3.8) is 0 Å². The summed E-state index contributed by atoms with van der Waals surface area (Å²) in [6, 6.07) is 6.82. The fourth-order valence-electron chi connectivity index (χ4n) is 2.07. The van der Waals surface area contributed by atoms with E-state index in [1.165, 1.54) is 10.9 Å². The van der Waals surface area contributed by atoms with Crippen LogP contribution in [0.15, 0.2) is 30.5 Å². The molecule has 0 saturated heterocycles. The summed E-state index contributed by atoms with van der Waals surface area (Å²) in [6.45, 7) is 8.85. The quantitative estimate of drug-likeness (QED) is 0.831. The molecule has 0 saturated carbocycles. The molecule has 0 aliphatic rings. The van der Waals surface area contributed by atoms with Gasteiger partial charge in [-0.2, -0.15) is 0 Å².